The molecule has 6 nitrogen and oxygen atoms in total. The molecule has 0 atom stereocenters. The lowest BCUT2D eigenvalue weighted by Crippen LogP contribution is -2.40. The van der Waals surface area contributed by atoms with Gasteiger partial charge in [-0.2, -0.15) is 0 Å². The fraction of sp³-hybridized carbons (Fsp3) is 0.333. The van der Waals surface area contributed by atoms with Crippen molar-refractivity contribution in [3.63, 3.8) is 0 Å². The Labute approximate surface area is 159 Å². The van der Waals surface area contributed by atoms with Gasteiger partial charge in [-0.1, -0.05) is 18.2 Å². The van der Waals surface area contributed by atoms with E-state index < -0.39 is 0 Å². The third-order valence-corrected chi connectivity index (χ3v) is 4.53. The van der Waals surface area contributed by atoms with Crippen molar-refractivity contribution >= 4 is 11.8 Å². The molecule has 6 heteroatoms. The van der Waals surface area contributed by atoms with E-state index in [-0.39, 0.29) is 11.8 Å². The fourth-order valence-electron chi connectivity index (χ4n) is 2.96. The molecule has 1 saturated heterocycles. The van der Waals surface area contributed by atoms with Crippen molar-refractivity contribution in [2.45, 2.75) is 6.42 Å². The number of nitrogens with zero attached hydrogens (tertiary/aromatic N) is 1. The molecule has 0 aliphatic carbocycles. The molecule has 0 unspecified atom stereocenters. The average molecular weight is 368 g/mol. The fourth-order valence-corrected chi connectivity index (χ4v) is 2.96. The lowest BCUT2D eigenvalue weighted by atomic mass is 10.1. The number of benzene rings is 2. The third kappa shape index (κ3) is 5.08. The highest BCUT2D eigenvalue weighted by atomic mass is 16.5. The van der Waals surface area contributed by atoms with Crippen LogP contribution in [0.1, 0.15) is 26.3 Å². The van der Waals surface area contributed by atoms with Crippen LogP contribution in [0.25, 0.3) is 0 Å². The van der Waals surface area contributed by atoms with Crippen LogP contribution in [-0.2, 0) is 11.2 Å². The molecule has 1 fully saturated rings. The third-order valence-electron chi connectivity index (χ3n) is 4.53. The molecule has 1 heterocycles. The van der Waals surface area contributed by atoms with Crippen molar-refractivity contribution in [2.75, 3.05) is 40.0 Å². The lowest BCUT2D eigenvalue weighted by Gasteiger charge is -2.27. The minimum absolute atomic E-state index is 0.0637. The van der Waals surface area contributed by atoms with E-state index in [0.717, 1.165) is 17.7 Å². The van der Waals surface area contributed by atoms with E-state index in [9.17, 15) is 9.59 Å². The van der Waals surface area contributed by atoms with E-state index in [1.807, 2.05) is 24.3 Å². The van der Waals surface area contributed by atoms with Crippen LogP contribution >= 0.6 is 0 Å². The number of amides is 2. The van der Waals surface area contributed by atoms with E-state index in [1.165, 1.54) is 0 Å². The van der Waals surface area contributed by atoms with Crippen molar-refractivity contribution in [1.82, 2.24) is 10.2 Å². The molecule has 1 N–H and O–H groups in total. The second-order valence-corrected chi connectivity index (χ2v) is 6.34. The summed E-state index contributed by atoms with van der Waals surface area (Å²) in [6.07, 6.45) is 0.724. The molecular formula is C21H24N2O4. The molecule has 27 heavy (non-hydrogen) atoms. The highest BCUT2D eigenvalue weighted by Gasteiger charge is 2.19. The smallest absolute Gasteiger partial charge is 0.254 e. The van der Waals surface area contributed by atoms with E-state index in [2.05, 4.69) is 5.32 Å². The number of ether oxygens (including phenoxy) is 2. The maximum absolute atomic E-state index is 12.6. The highest BCUT2D eigenvalue weighted by molar-refractivity contribution is 5.99. The summed E-state index contributed by atoms with van der Waals surface area (Å²) in [5.74, 6) is 0.566. The summed E-state index contributed by atoms with van der Waals surface area (Å²) in [6.45, 7) is 2.79. The molecule has 2 aromatic rings. The van der Waals surface area contributed by atoms with E-state index >= 15 is 0 Å². The molecule has 0 saturated carbocycles. The maximum Gasteiger partial charge on any atom is 0.254 e. The average Bonchev–Trinajstić information content (AvgIpc) is 2.74. The molecule has 3 rings (SSSR count). The summed E-state index contributed by atoms with van der Waals surface area (Å²) in [5, 5.41) is 2.91. The molecule has 2 amide bonds. The first-order chi connectivity index (χ1) is 13.2. The van der Waals surface area contributed by atoms with E-state index in [4.69, 9.17) is 9.47 Å². The number of nitrogens with one attached hydrogen (secondary N) is 1. The highest BCUT2D eigenvalue weighted by Crippen LogP contribution is 2.12. The zero-order valence-electron chi connectivity index (χ0n) is 15.4. The molecule has 0 aromatic heterocycles. The normalized spacial score (nSPS) is 13.9. The zero-order chi connectivity index (χ0) is 19.1. The first kappa shape index (κ1) is 18.9. The van der Waals surface area contributed by atoms with Gasteiger partial charge in [-0.05, 0) is 42.3 Å². The van der Waals surface area contributed by atoms with Crippen molar-refractivity contribution in [2.24, 2.45) is 0 Å². The van der Waals surface area contributed by atoms with Gasteiger partial charge in [0.15, 0.2) is 0 Å². The zero-order valence-corrected chi connectivity index (χ0v) is 15.4. The quantitative estimate of drug-likeness (QED) is 0.848. The Kier molecular flexibility index (Phi) is 6.44. The Bertz CT molecular complexity index is 783. The van der Waals surface area contributed by atoms with Crippen LogP contribution in [-0.4, -0.2) is 56.7 Å². The van der Waals surface area contributed by atoms with E-state index in [0.29, 0.717) is 44.0 Å². The SMILES string of the molecule is COc1ccc(CCNC(=O)c2cccc(C(=O)N3CCOCC3)c2)cc1. The largest absolute Gasteiger partial charge is 0.497 e. The number of methoxy groups -OCH3 is 1. The number of carbonyl (C=O) groups excluding carboxylic acids is 2. The number of hydrogen-bond acceptors (Lipinski definition) is 4. The first-order valence-corrected chi connectivity index (χ1v) is 9.05. The standard InChI is InChI=1S/C21H24N2O4/c1-26-19-7-5-16(6-8-19)9-10-22-20(24)17-3-2-4-18(15-17)21(25)23-11-13-27-14-12-23/h2-8,15H,9-14H2,1H3,(H,22,24). The summed E-state index contributed by atoms with van der Waals surface area (Å²) in [5.41, 5.74) is 2.14. The number of rotatable bonds is 6. The predicted molar refractivity (Wildman–Crippen MR) is 102 cm³/mol. The Morgan fingerprint density at radius 2 is 1.78 bits per heavy atom. The Hall–Kier alpha value is -2.86. The summed E-state index contributed by atoms with van der Waals surface area (Å²) in [6, 6.07) is 14.6. The Morgan fingerprint density at radius 3 is 2.48 bits per heavy atom. The topological polar surface area (TPSA) is 67.9 Å². The van der Waals surface area contributed by atoms with Crippen LogP contribution in [0, 0.1) is 0 Å². The minimum Gasteiger partial charge on any atom is -0.497 e. The van der Waals surface area contributed by atoms with Crippen molar-refractivity contribution in [1.29, 1.82) is 0 Å². The summed E-state index contributed by atoms with van der Waals surface area (Å²) in [7, 11) is 1.63. The van der Waals surface area contributed by atoms with Crippen molar-refractivity contribution in [3.05, 3.63) is 65.2 Å². The first-order valence-electron chi connectivity index (χ1n) is 9.05. The number of carbonyl (C=O) groups is 2. The minimum atomic E-state index is -0.180. The lowest BCUT2D eigenvalue weighted by molar-refractivity contribution is 0.0303. The molecule has 1 aliphatic rings. The maximum atomic E-state index is 12.6. The van der Waals surface area contributed by atoms with Gasteiger partial charge in [0.1, 0.15) is 5.75 Å². The summed E-state index contributed by atoms with van der Waals surface area (Å²) in [4.78, 5) is 26.7. The molecule has 1 aliphatic heterocycles. The van der Waals surface area contributed by atoms with Gasteiger partial charge < -0.3 is 19.7 Å². The molecule has 142 valence electrons. The molecular weight excluding hydrogens is 344 g/mol. The number of hydrogen-bond donors (Lipinski definition) is 1. The van der Waals surface area contributed by atoms with Crippen LogP contribution < -0.4 is 10.1 Å². The van der Waals surface area contributed by atoms with Crippen LogP contribution in [0.4, 0.5) is 0 Å². The van der Waals surface area contributed by atoms with Gasteiger partial charge in [0.05, 0.1) is 20.3 Å². The Morgan fingerprint density at radius 1 is 1.07 bits per heavy atom. The summed E-state index contributed by atoms with van der Waals surface area (Å²) < 4.78 is 10.4. The monoisotopic (exact) mass is 368 g/mol. The van der Waals surface area contributed by atoms with Gasteiger partial charge in [0.25, 0.3) is 11.8 Å². The van der Waals surface area contributed by atoms with Gasteiger partial charge in [0, 0.05) is 30.8 Å². The predicted octanol–water partition coefficient (Wildman–Crippen LogP) is 2.14. The second kappa shape index (κ2) is 9.19. The van der Waals surface area contributed by atoms with Gasteiger partial charge >= 0.3 is 0 Å². The van der Waals surface area contributed by atoms with Crippen LogP contribution in [0.15, 0.2) is 48.5 Å². The van der Waals surface area contributed by atoms with Crippen LogP contribution in [0.5, 0.6) is 5.75 Å². The molecule has 0 radical (unpaired) electrons. The van der Waals surface area contributed by atoms with Crippen LogP contribution in [0.3, 0.4) is 0 Å². The van der Waals surface area contributed by atoms with Gasteiger partial charge in [-0.3, -0.25) is 9.59 Å². The molecule has 0 spiro atoms. The van der Waals surface area contributed by atoms with Gasteiger partial charge in [0.2, 0.25) is 0 Å². The van der Waals surface area contributed by atoms with Gasteiger partial charge in [-0.15, -0.1) is 0 Å². The number of morpholine rings is 1. The van der Waals surface area contributed by atoms with Gasteiger partial charge in [-0.25, -0.2) is 0 Å². The van der Waals surface area contributed by atoms with Crippen molar-refractivity contribution in [3.8, 4) is 5.75 Å². The van der Waals surface area contributed by atoms with Crippen molar-refractivity contribution < 1.29 is 19.1 Å². The van der Waals surface area contributed by atoms with Crippen LogP contribution in [0.2, 0.25) is 0 Å². The Balaban J connectivity index is 1.55. The summed E-state index contributed by atoms with van der Waals surface area (Å²) >= 11 is 0. The molecule has 0 bridgehead atoms. The molecule has 2 aromatic carbocycles. The second-order valence-electron chi connectivity index (χ2n) is 6.34. The van der Waals surface area contributed by atoms with E-state index in [1.54, 1.807) is 36.3 Å².